The highest BCUT2D eigenvalue weighted by atomic mass is 35.5. The molecule has 0 amide bonds. The van der Waals surface area contributed by atoms with Gasteiger partial charge in [0.1, 0.15) is 0 Å². The number of pyridine rings is 1. The number of carbonyl (C=O) groups is 2. The Balaban J connectivity index is 0.000000392. The molecule has 0 unspecified atom stereocenters. The van der Waals surface area contributed by atoms with E-state index >= 15 is 0 Å². The van der Waals surface area contributed by atoms with Gasteiger partial charge in [-0.15, -0.1) is 0 Å². The summed E-state index contributed by atoms with van der Waals surface area (Å²) >= 11 is 6.51. The van der Waals surface area contributed by atoms with Gasteiger partial charge >= 0.3 is 11.9 Å². The molecule has 2 aromatic rings. The minimum absolute atomic E-state index is 0.296. The van der Waals surface area contributed by atoms with Gasteiger partial charge in [0.25, 0.3) is 0 Å². The number of carboxylic acid groups (broad SMARTS) is 2. The summed E-state index contributed by atoms with van der Waals surface area (Å²) in [6.07, 6.45) is 14.8. The highest BCUT2D eigenvalue weighted by molar-refractivity contribution is 6.33. The van der Waals surface area contributed by atoms with Crippen molar-refractivity contribution in [3.63, 3.8) is 0 Å². The minimum atomic E-state index is -1.08. The number of benzene rings is 1. The number of halogens is 1. The Kier molecular flexibility index (Phi) is 11.2. The summed E-state index contributed by atoms with van der Waals surface area (Å²) in [6, 6.07) is 8.47. The van der Waals surface area contributed by atoms with Gasteiger partial charge in [0.15, 0.2) is 0 Å². The van der Waals surface area contributed by atoms with Crippen molar-refractivity contribution in [3.05, 3.63) is 63.9 Å². The van der Waals surface area contributed by atoms with Gasteiger partial charge in [-0.3, -0.25) is 14.6 Å². The van der Waals surface area contributed by atoms with E-state index in [4.69, 9.17) is 21.8 Å². The van der Waals surface area contributed by atoms with E-state index in [-0.39, 0.29) is 12.8 Å². The number of carboxylic acids is 2. The fourth-order valence-electron chi connectivity index (χ4n) is 4.54. The third-order valence-electron chi connectivity index (χ3n) is 6.54. The first-order valence-electron chi connectivity index (χ1n) is 12.7. The summed E-state index contributed by atoms with van der Waals surface area (Å²) in [6.45, 7) is 2.78. The van der Waals surface area contributed by atoms with Crippen LogP contribution in [0.2, 0.25) is 5.02 Å². The predicted octanol–water partition coefficient (Wildman–Crippen LogP) is 5.56. The predicted molar refractivity (Wildman–Crippen MR) is 143 cm³/mol. The lowest BCUT2D eigenvalue weighted by atomic mass is 9.89. The van der Waals surface area contributed by atoms with Crippen LogP contribution in [0.3, 0.4) is 0 Å². The summed E-state index contributed by atoms with van der Waals surface area (Å²) in [5.74, 6) is -1.42. The highest BCUT2D eigenvalue weighted by Crippen LogP contribution is 2.31. The molecule has 1 aromatic heterocycles. The smallest absolute Gasteiger partial charge is 0.303 e. The second-order valence-corrected chi connectivity index (χ2v) is 9.71. The first kappa shape index (κ1) is 27.7. The molecule has 0 atom stereocenters. The molecule has 1 aliphatic carbocycles. The van der Waals surface area contributed by atoms with Crippen LogP contribution < -0.4 is 10.6 Å². The first-order valence-corrected chi connectivity index (χ1v) is 13.1. The van der Waals surface area contributed by atoms with Gasteiger partial charge in [-0.25, -0.2) is 0 Å². The molecule has 8 heteroatoms. The van der Waals surface area contributed by atoms with E-state index in [1.54, 1.807) is 0 Å². The zero-order chi connectivity index (χ0) is 25.8. The number of nitrogens with zero attached hydrogens (tertiary/aromatic N) is 1. The monoisotopic (exact) mass is 513 g/mol. The average Bonchev–Trinajstić information content (AvgIpc) is 3.13. The molecule has 1 fully saturated rings. The van der Waals surface area contributed by atoms with Crippen molar-refractivity contribution < 1.29 is 19.8 Å². The summed E-state index contributed by atoms with van der Waals surface area (Å²) in [5.41, 5.74) is 6.07. The third-order valence-corrected chi connectivity index (χ3v) is 6.86. The SMILES string of the molecule is Clc1ccc2c(c1NCc1ccc(C=CC3CCCCC3)nc1)CCNCC2.O=C(O)CCC(=O)O. The third kappa shape index (κ3) is 9.28. The molecular weight excluding hydrogens is 478 g/mol. The maximum Gasteiger partial charge on any atom is 0.303 e. The number of nitrogens with one attached hydrogen (secondary N) is 2. The summed E-state index contributed by atoms with van der Waals surface area (Å²) in [4.78, 5) is 23.9. The van der Waals surface area contributed by atoms with Crippen LogP contribution in [-0.4, -0.2) is 40.2 Å². The van der Waals surface area contributed by atoms with Gasteiger partial charge in [0.2, 0.25) is 0 Å². The fourth-order valence-corrected chi connectivity index (χ4v) is 4.78. The van der Waals surface area contributed by atoms with Crippen molar-refractivity contribution in [2.45, 2.75) is 64.3 Å². The van der Waals surface area contributed by atoms with Crippen LogP contribution in [0.25, 0.3) is 6.08 Å². The molecule has 1 aliphatic heterocycles. The first-order chi connectivity index (χ1) is 17.4. The molecule has 1 aromatic carbocycles. The van der Waals surface area contributed by atoms with E-state index in [0.29, 0.717) is 0 Å². The van der Waals surface area contributed by atoms with Crippen LogP contribution in [0.15, 0.2) is 36.5 Å². The standard InChI is InChI=1S/C24H30ClN3.C4H6O4/c25-23-11-8-20-12-14-26-15-13-22(20)24(23)28-17-19-7-10-21(27-16-19)9-6-18-4-2-1-3-5-18;5-3(6)1-2-4(7)8/h6-11,16,18,26,28H,1-5,12-15,17H2;1-2H2,(H,5,6)(H,7,8). The van der Waals surface area contributed by atoms with Crippen LogP contribution in [0.1, 0.15) is 67.3 Å². The van der Waals surface area contributed by atoms with Gasteiger partial charge in [0.05, 0.1) is 29.2 Å². The van der Waals surface area contributed by atoms with Crippen molar-refractivity contribution in [1.82, 2.24) is 10.3 Å². The number of allylic oxidation sites excluding steroid dienone is 1. The number of rotatable bonds is 8. The number of aromatic nitrogens is 1. The second-order valence-electron chi connectivity index (χ2n) is 9.30. The zero-order valence-electron chi connectivity index (χ0n) is 20.6. The van der Waals surface area contributed by atoms with Gasteiger partial charge in [-0.1, -0.05) is 49.1 Å². The molecular formula is C28H36ClN3O4. The molecule has 0 bridgehead atoms. The van der Waals surface area contributed by atoms with E-state index < -0.39 is 11.9 Å². The van der Waals surface area contributed by atoms with Gasteiger partial charge in [0, 0.05) is 12.7 Å². The van der Waals surface area contributed by atoms with E-state index in [2.05, 4.69) is 46.0 Å². The molecule has 194 valence electrons. The molecule has 2 heterocycles. The molecule has 0 radical (unpaired) electrons. The Morgan fingerprint density at radius 3 is 2.42 bits per heavy atom. The number of anilines is 1. The summed E-state index contributed by atoms with van der Waals surface area (Å²) in [5, 5.41) is 23.6. The Hall–Kier alpha value is -2.90. The van der Waals surface area contributed by atoms with Crippen molar-refractivity contribution in [2.75, 3.05) is 18.4 Å². The summed E-state index contributed by atoms with van der Waals surface area (Å²) < 4.78 is 0. The normalized spacial score (nSPS) is 15.9. The number of hydrogen-bond acceptors (Lipinski definition) is 5. The van der Waals surface area contributed by atoms with E-state index in [1.807, 2.05) is 12.3 Å². The number of aliphatic carboxylic acids is 2. The van der Waals surface area contributed by atoms with Crippen LogP contribution in [0.5, 0.6) is 0 Å². The van der Waals surface area contributed by atoms with Crippen molar-refractivity contribution in [3.8, 4) is 0 Å². The van der Waals surface area contributed by atoms with Crippen molar-refractivity contribution in [2.24, 2.45) is 5.92 Å². The van der Waals surface area contributed by atoms with Crippen molar-refractivity contribution >= 4 is 35.3 Å². The van der Waals surface area contributed by atoms with Gasteiger partial charge in [-0.05, 0) is 79.6 Å². The minimum Gasteiger partial charge on any atom is -0.481 e. The molecule has 4 rings (SSSR count). The topological polar surface area (TPSA) is 112 Å². The lowest BCUT2D eigenvalue weighted by Gasteiger charge is -2.17. The van der Waals surface area contributed by atoms with Crippen molar-refractivity contribution in [1.29, 1.82) is 0 Å². The van der Waals surface area contributed by atoms with E-state index in [1.165, 1.54) is 48.8 Å². The van der Waals surface area contributed by atoms with Gasteiger partial charge < -0.3 is 20.8 Å². The molecule has 7 nitrogen and oxygen atoms in total. The summed E-state index contributed by atoms with van der Waals surface area (Å²) in [7, 11) is 0. The Bertz CT molecular complexity index is 1020. The lowest BCUT2D eigenvalue weighted by Crippen LogP contribution is -2.16. The van der Waals surface area contributed by atoms with Crippen LogP contribution in [0.4, 0.5) is 5.69 Å². The Morgan fingerprint density at radius 2 is 1.75 bits per heavy atom. The van der Waals surface area contributed by atoms with E-state index in [0.717, 1.165) is 54.8 Å². The molecule has 1 saturated carbocycles. The molecule has 2 aliphatic rings. The van der Waals surface area contributed by atoms with Gasteiger partial charge in [-0.2, -0.15) is 0 Å². The van der Waals surface area contributed by atoms with Crippen LogP contribution in [-0.2, 0) is 29.0 Å². The maximum atomic E-state index is 9.64. The maximum absolute atomic E-state index is 9.64. The largest absolute Gasteiger partial charge is 0.481 e. The lowest BCUT2D eigenvalue weighted by molar-refractivity contribution is -0.143. The molecule has 36 heavy (non-hydrogen) atoms. The number of hydrogen-bond donors (Lipinski definition) is 4. The Morgan fingerprint density at radius 1 is 1.03 bits per heavy atom. The highest BCUT2D eigenvalue weighted by Gasteiger charge is 2.15. The molecule has 0 saturated heterocycles. The zero-order valence-corrected chi connectivity index (χ0v) is 21.4. The quantitative estimate of drug-likeness (QED) is 0.365. The average molecular weight is 514 g/mol. The van der Waals surface area contributed by atoms with Crippen LogP contribution in [0, 0.1) is 5.92 Å². The Labute approximate surface area is 218 Å². The van der Waals surface area contributed by atoms with Crippen LogP contribution >= 0.6 is 11.6 Å². The fraction of sp³-hybridized carbons (Fsp3) is 0.464. The van der Waals surface area contributed by atoms with E-state index in [9.17, 15) is 9.59 Å². The second kappa shape index (κ2) is 14.6. The molecule has 4 N–H and O–H groups in total. The molecule has 0 spiro atoms. The number of fused-ring (bicyclic) bond motifs is 1.